The number of rotatable bonds is 4. The highest BCUT2D eigenvalue weighted by atomic mass is 19.1. The van der Waals surface area contributed by atoms with Gasteiger partial charge in [0.25, 0.3) is 0 Å². The number of ether oxygens (including phenoxy) is 2. The average molecular weight is 449 g/mol. The van der Waals surface area contributed by atoms with Crippen molar-refractivity contribution in [1.82, 2.24) is 14.3 Å². The fraction of sp³-hybridized carbons (Fsp3) is 0.250. The molecule has 2 amide bonds. The zero-order valence-corrected chi connectivity index (χ0v) is 18.4. The lowest BCUT2D eigenvalue weighted by molar-refractivity contribution is 0.208. The number of amides is 2. The number of benzene rings is 2. The van der Waals surface area contributed by atoms with Crippen LogP contribution in [0.15, 0.2) is 54.7 Å². The number of hydrogen-bond acceptors (Lipinski definition) is 5. The van der Waals surface area contributed by atoms with Gasteiger partial charge in [0.05, 0.1) is 36.5 Å². The van der Waals surface area contributed by atoms with E-state index in [0.29, 0.717) is 48.9 Å². The van der Waals surface area contributed by atoms with Crippen molar-refractivity contribution in [2.75, 3.05) is 50.6 Å². The Balaban J connectivity index is 1.32. The first kappa shape index (κ1) is 20.9. The van der Waals surface area contributed by atoms with E-state index in [0.717, 1.165) is 16.9 Å². The summed E-state index contributed by atoms with van der Waals surface area (Å²) in [6, 6.07) is 13.6. The van der Waals surface area contributed by atoms with E-state index < -0.39 is 0 Å². The highest BCUT2D eigenvalue weighted by molar-refractivity contribution is 5.91. The van der Waals surface area contributed by atoms with Gasteiger partial charge in [-0.2, -0.15) is 0 Å². The zero-order valence-electron chi connectivity index (χ0n) is 18.4. The Morgan fingerprint density at radius 2 is 1.82 bits per heavy atom. The zero-order chi connectivity index (χ0) is 22.9. The molecular weight excluding hydrogens is 425 g/mol. The van der Waals surface area contributed by atoms with Gasteiger partial charge in [0.15, 0.2) is 5.82 Å². The van der Waals surface area contributed by atoms with E-state index >= 15 is 0 Å². The molecule has 0 unspecified atom stereocenters. The number of piperazine rings is 1. The number of nitrogens with one attached hydrogen (secondary N) is 1. The summed E-state index contributed by atoms with van der Waals surface area (Å²) in [5.41, 5.74) is 2.99. The van der Waals surface area contributed by atoms with Gasteiger partial charge in [-0.3, -0.25) is 0 Å². The van der Waals surface area contributed by atoms with Gasteiger partial charge in [0.2, 0.25) is 0 Å². The smallest absolute Gasteiger partial charge is 0.322 e. The highest BCUT2D eigenvalue weighted by Gasteiger charge is 2.24. The number of methoxy groups -OCH3 is 2. The summed E-state index contributed by atoms with van der Waals surface area (Å²) in [5, 5.41) is 2.92. The summed E-state index contributed by atoms with van der Waals surface area (Å²) >= 11 is 0. The molecule has 1 fully saturated rings. The van der Waals surface area contributed by atoms with Gasteiger partial charge in [-0.15, -0.1) is 0 Å². The maximum Gasteiger partial charge on any atom is 0.322 e. The third-order valence-electron chi connectivity index (χ3n) is 5.92. The molecule has 9 heteroatoms. The minimum absolute atomic E-state index is 0.195. The van der Waals surface area contributed by atoms with Crippen molar-refractivity contribution in [3.63, 3.8) is 0 Å². The molecule has 8 nitrogen and oxygen atoms in total. The van der Waals surface area contributed by atoms with E-state index in [4.69, 9.17) is 14.5 Å². The van der Waals surface area contributed by atoms with Gasteiger partial charge in [-0.1, -0.05) is 0 Å². The van der Waals surface area contributed by atoms with E-state index in [1.807, 2.05) is 22.7 Å². The lowest BCUT2D eigenvalue weighted by Gasteiger charge is -2.35. The summed E-state index contributed by atoms with van der Waals surface area (Å²) in [4.78, 5) is 21.5. The van der Waals surface area contributed by atoms with Gasteiger partial charge in [0, 0.05) is 44.5 Å². The van der Waals surface area contributed by atoms with Crippen LogP contribution in [0, 0.1) is 5.82 Å². The van der Waals surface area contributed by atoms with Crippen molar-refractivity contribution in [2.45, 2.75) is 0 Å². The first-order valence-electron chi connectivity index (χ1n) is 10.7. The molecular formula is C24H24FN5O3. The number of urea groups is 1. The molecule has 1 saturated heterocycles. The van der Waals surface area contributed by atoms with E-state index in [-0.39, 0.29) is 11.8 Å². The van der Waals surface area contributed by atoms with Crippen LogP contribution in [0.4, 0.5) is 20.7 Å². The second kappa shape index (κ2) is 8.50. The molecule has 0 atom stereocenters. The number of carbonyl (C=O) groups is 1. The average Bonchev–Trinajstić information content (AvgIpc) is 3.34. The molecule has 3 heterocycles. The lowest BCUT2D eigenvalue weighted by Crippen LogP contribution is -2.50. The van der Waals surface area contributed by atoms with E-state index in [1.54, 1.807) is 43.4 Å². The number of halogens is 1. The first-order chi connectivity index (χ1) is 16.1. The number of carbonyl (C=O) groups excluding carboxylic acids is 1. The molecule has 0 bridgehead atoms. The molecule has 33 heavy (non-hydrogen) atoms. The van der Waals surface area contributed by atoms with Crippen molar-refractivity contribution in [2.24, 2.45) is 0 Å². The predicted molar refractivity (Wildman–Crippen MR) is 125 cm³/mol. The Bertz CT molecular complexity index is 1330. The molecule has 2 aromatic heterocycles. The van der Waals surface area contributed by atoms with Crippen LogP contribution in [0.2, 0.25) is 0 Å². The molecule has 1 aliphatic heterocycles. The van der Waals surface area contributed by atoms with E-state index in [2.05, 4.69) is 10.2 Å². The summed E-state index contributed by atoms with van der Waals surface area (Å²) in [6.07, 6.45) is 1.95. The third-order valence-corrected chi connectivity index (χ3v) is 5.92. The minimum Gasteiger partial charge on any atom is -0.497 e. The Hall–Kier alpha value is -4.01. The fourth-order valence-electron chi connectivity index (χ4n) is 4.18. The van der Waals surface area contributed by atoms with Crippen molar-refractivity contribution >= 4 is 34.1 Å². The molecule has 1 N–H and O–H groups in total. The molecule has 170 valence electrons. The van der Waals surface area contributed by atoms with Crippen LogP contribution < -0.4 is 19.7 Å². The van der Waals surface area contributed by atoms with Crippen LogP contribution in [0.25, 0.3) is 16.6 Å². The topological polar surface area (TPSA) is 71.3 Å². The summed E-state index contributed by atoms with van der Waals surface area (Å²) in [7, 11) is 3.13. The van der Waals surface area contributed by atoms with Crippen molar-refractivity contribution in [3.8, 4) is 11.5 Å². The largest absolute Gasteiger partial charge is 0.497 e. The Kier molecular flexibility index (Phi) is 5.37. The molecule has 4 aromatic rings. The van der Waals surface area contributed by atoms with Crippen LogP contribution in [0.5, 0.6) is 11.5 Å². The van der Waals surface area contributed by atoms with E-state index in [1.165, 1.54) is 12.1 Å². The Labute approximate surface area is 190 Å². The Morgan fingerprint density at radius 1 is 1.00 bits per heavy atom. The maximum absolute atomic E-state index is 13.8. The van der Waals surface area contributed by atoms with Gasteiger partial charge in [0.1, 0.15) is 17.3 Å². The summed E-state index contributed by atoms with van der Waals surface area (Å²) < 4.78 is 26.4. The van der Waals surface area contributed by atoms with Crippen LogP contribution in [-0.2, 0) is 0 Å². The summed E-state index contributed by atoms with van der Waals surface area (Å²) in [5.74, 6) is 1.65. The number of fused-ring (bicyclic) bond motifs is 3. The quantitative estimate of drug-likeness (QED) is 0.510. The van der Waals surface area contributed by atoms with E-state index in [9.17, 15) is 9.18 Å². The number of anilines is 2. The second-order valence-corrected chi connectivity index (χ2v) is 7.80. The Morgan fingerprint density at radius 3 is 2.58 bits per heavy atom. The first-order valence-corrected chi connectivity index (χ1v) is 10.7. The molecule has 0 spiro atoms. The minimum atomic E-state index is -0.317. The standard InChI is InChI=1S/C24H24FN5O3/c1-32-17-6-7-18(22(15-17)33-2)27-24(31)29-12-10-28(11-13-29)23-21-4-3-9-30(21)20-8-5-16(25)14-19(20)26-23/h3-9,14-15H,10-13H2,1-2H3,(H,27,31). The highest BCUT2D eigenvalue weighted by Crippen LogP contribution is 2.30. The van der Waals surface area contributed by atoms with Gasteiger partial charge < -0.3 is 29.0 Å². The number of hydrogen-bond donors (Lipinski definition) is 1. The number of aromatic nitrogens is 2. The lowest BCUT2D eigenvalue weighted by atomic mass is 10.2. The predicted octanol–water partition coefficient (Wildman–Crippen LogP) is 4.00. The van der Waals surface area contributed by atoms with Crippen molar-refractivity contribution < 1.29 is 18.7 Å². The van der Waals surface area contributed by atoms with Crippen LogP contribution in [0.3, 0.4) is 0 Å². The molecule has 2 aromatic carbocycles. The molecule has 5 rings (SSSR count). The fourth-order valence-corrected chi connectivity index (χ4v) is 4.18. The van der Waals surface area contributed by atoms with Crippen LogP contribution in [0.1, 0.15) is 0 Å². The van der Waals surface area contributed by atoms with Gasteiger partial charge >= 0.3 is 6.03 Å². The SMILES string of the molecule is COc1ccc(NC(=O)N2CCN(c3nc4cc(F)ccc4n4cccc34)CC2)c(OC)c1. The van der Waals surface area contributed by atoms with Crippen molar-refractivity contribution in [1.29, 1.82) is 0 Å². The summed E-state index contributed by atoms with van der Waals surface area (Å²) in [6.45, 7) is 2.28. The molecule has 0 radical (unpaired) electrons. The van der Waals surface area contributed by atoms with Crippen LogP contribution in [-0.4, -0.2) is 60.7 Å². The molecule has 0 aliphatic carbocycles. The van der Waals surface area contributed by atoms with Gasteiger partial charge in [-0.25, -0.2) is 14.2 Å². The second-order valence-electron chi connectivity index (χ2n) is 7.80. The van der Waals surface area contributed by atoms with Crippen molar-refractivity contribution in [3.05, 3.63) is 60.5 Å². The molecule has 1 aliphatic rings. The normalized spacial score (nSPS) is 14.0. The monoisotopic (exact) mass is 449 g/mol. The van der Waals surface area contributed by atoms with Crippen LogP contribution >= 0.6 is 0 Å². The van der Waals surface area contributed by atoms with Gasteiger partial charge in [-0.05, 0) is 36.4 Å². The molecule has 0 saturated carbocycles. The maximum atomic E-state index is 13.8. The third kappa shape index (κ3) is 3.86. The number of nitrogens with zero attached hydrogens (tertiary/aromatic N) is 4.